The zero-order valence-corrected chi connectivity index (χ0v) is 19.5. The number of aromatic nitrogens is 2. The minimum absolute atomic E-state index is 0.156. The van der Waals surface area contributed by atoms with Crippen molar-refractivity contribution in [2.24, 2.45) is 0 Å². The summed E-state index contributed by atoms with van der Waals surface area (Å²) in [4.78, 5) is 30.5. The van der Waals surface area contributed by atoms with E-state index in [4.69, 9.17) is 21.3 Å². The number of fused-ring (bicyclic) bond motifs is 1. The van der Waals surface area contributed by atoms with Crippen molar-refractivity contribution in [2.45, 2.75) is 10.9 Å². The highest BCUT2D eigenvalue weighted by atomic mass is 35.5. The molecular formula is C25H22ClN3O3S. The lowest BCUT2D eigenvalue weighted by molar-refractivity contribution is 0.0937. The maximum Gasteiger partial charge on any atom is 0.266 e. The van der Waals surface area contributed by atoms with Gasteiger partial charge in [-0.25, -0.2) is 4.98 Å². The lowest BCUT2D eigenvalue weighted by Gasteiger charge is -2.14. The largest absolute Gasteiger partial charge is 0.383 e. The summed E-state index contributed by atoms with van der Waals surface area (Å²) in [6.07, 6.45) is 0. The number of benzene rings is 3. The minimum atomic E-state index is -0.195. The van der Waals surface area contributed by atoms with Crippen molar-refractivity contribution in [3.05, 3.63) is 99.3 Å². The van der Waals surface area contributed by atoms with Gasteiger partial charge in [-0.3, -0.25) is 14.2 Å². The van der Waals surface area contributed by atoms with E-state index >= 15 is 0 Å². The van der Waals surface area contributed by atoms with Gasteiger partial charge in [-0.1, -0.05) is 47.6 Å². The van der Waals surface area contributed by atoms with E-state index in [1.54, 1.807) is 42.0 Å². The fraction of sp³-hybridized carbons (Fsp3) is 0.160. The topological polar surface area (TPSA) is 73.2 Å². The Kier molecular flexibility index (Phi) is 7.44. The maximum atomic E-state index is 13.4. The molecule has 0 unspecified atom stereocenters. The van der Waals surface area contributed by atoms with Gasteiger partial charge in [-0.2, -0.15) is 0 Å². The zero-order chi connectivity index (χ0) is 23.2. The monoisotopic (exact) mass is 479 g/mol. The van der Waals surface area contributed by atoms with Gasteiger partial charge in [-0.05, 0) is 54.1 Å². The van der Waals surface area contributed by atoms with Gasteiger partial charge >= 0.3 is 0 Å². The molecule has 33 heavy (non-hydrogen) atoms. The van der Waals surface area contributed by atoms with Crippen molar-refractivity contribution in [2.75, 3.05) is 20.3 Å². The summed E-state index contributed by atoms with van der Waals surface area (Å²) in [5.41, 5.74) is 2.71. The van der Waals surface area contributed by atoms with Crippen LogP contribution < -0.4 is 10.9 Å². The molecule has 1 amide bonds. The molecule has 0 atom stereocenters. The van der Waals surface area contributed by atoms with Crippen molar-refractivity contribution in [3.63, 3.8) is 0 Å². The van der Waals surface area contributed by atoms with Gasteiger partial charge in [0.05, 0.1) is 23.2 Å². The number of rotatable bonds is 8. The van der Waals surface area contributed by atoms with Gasteiger partial charge in [0.1, 0.15) is 0 Å². The highest BCUT2D eigenvalue weighted by molar-refractivity contribution is 7.98. The summed E-state index contributed by atoms with van der Waals surface area (Å²) in [7, 11) is 1.58. The number of nitrogens with zero attached hydrogens (tertiary/aromatic N) is 2. The van der Waals surface area contributed by atoms with Crippen molar-refractivity contribution in [3.8, 4) is 5.69 Å². The van der Waals surface area contributed by atoms with Crippen LogP contribution in [0.1, 0.15) is 15.9 Å². The molecule has 4 aromatic rings. The number of ether oxygens (including phenoxy) is 1. The van der Waals surface area contributed by atoms with Gasteiger partial charge in [0.15, 0.2) is 5.16 Å². The minimum Gasteiger partial charge on any atom is -0.383 e. The number of nitrogens with one attached hydrogen (secondary N) is 1. The summed E-state index contributed by atoms with van der Waals surface area (Å²) in [6.45, 7) is 0.868. The first-order valence-corrected chi connectivity index (χ1v) is 11.7. The second-order valence-corrected chi connectivity index (χ2v) is 8.64. The lowest BCUT2D eigenvalue weighted by Crippen LogP contribution is -2.27. The van der Waals surface area contributed by atoms with Crippen LogP contribution in [-0.2, 0) is 10.5 Å². The molecule has 168 valence electrons. The highest BCUT2D eigenvalue weighted by Gasteiger charge is 2.14. The first-order chi connectivity index (χ1) is 16.1. The third-order valence-corrected chi connectivity index (χ3v) is 6.27. The Bertz CT molecular complexity index is 1320. The first kappa shape index (κ1) is 23.0. The second-order valence-electron chi connectivity index (χ2n) is 7.26. The molecule has 0 radical (unpaired) electrons. The molecule has 4 rings (SSSR count). The highest BCUT2D eigenvalue weighted by Crippen LogP contribution is 2.25. The molecule has 0 aliphatic heterocycles. The smallest absolute Gasteiger partial charge is 0.266 e. The van der Waals surface area contributed by atoms with Gasteiger partial charge in [0.2, 0.25) is 0 Å². The Balaban J connectivity index is 1.68. The van der Waals surface area contributed by atoms with E-state index in [1.807, 2.05) is 42.5 Å². The number of halogens is 1. The standard InChI is InChI=1S/C25H22ClN3O3S/c1-32-15-14-27-23(30)18-8-12-20(13-9-18)29-24(31)21-4-2-3-5-22(21)28-25(29)33-16-17-6-10-19(26)11-7-17/h2-13H,14-16H2,1H3,(H,27,30). The van der Waals surface area contributed by atoms with Gasteiger partial charge in [-0.15, -0.1) is 0 Å². The average molecular weight is 480 g/mol. The van der Waals surface area contributed by atoms with E-state index in [9.17, 15) is 9.59 Å². The fourth-order valence-electron chi connectivity index (χ4n) is 3.30. The molecule has 0 spiro atoms. The fourth-order valence-corrected chi connectivity index (χ4v) is 4.39. The maximum absolute atomic E-state index is 13.4. The Labute approximate surface area is 200 Å². The van der Waals surface area contributed by atoms with Crippen molar-refractivity contribution in [1.82, 2.24) is 14.9 Å². The summed E-state index contributed by atoms with van der Waals surface area (Å²) < 4.78 is 6.55. The Morgan fingerprint density at radius 3 is 2.52 bits per heavy atom. The van der Waals surface area contributed by atoms with E-state index in [1.165, 1.54) is 11.8 Å². The number of para-hydroxylation sites is 1. The van der Waals surface area contributed by atoms with Crippen LogP contribution in [0.5, 0.6) is 0 Å². The molecule has 0 aliphatic rings. The molecule has 1 heterocycles. The van der Waals surface area contributed by atoms with E-state index < -0.39 is 0 Å². The van der Waals surface area contributed by atoms with E-state index in [0.29, 0.717) is 51.2 Å². The first-order valence-electron chi connectivity index (χ1n) is 10.3. The summed E-state index contributed by atoms with van der Waals surface area (Å²) >= 11 is 7.46. The summed E-state index contributed by atoms with van der Waals surface area (Å²) in [6, 6.07) is 21.8. The zero-order valence-electron chi connectivity index (χ0n) is 18.0. The third kappa shape index (κ3) is 5.45. The predicted octanol–water partition coefficient (Wildman–Crippen LogP) is 4.71. The number of carbonyl (C=O) groups excluding carboxylic acids is 1. The summed E-state index contributed by atoms with van der Waals surface area (Å²) in [5, 5.41) is 4.58. The molecule has 0 aliphatic carbocycles. The molecule has 8 heteroatoms. The average Bonchev–Trinajstić information content (AvgIpc) is 2.84. The quantitative estimate of drug-likeness (QED) is 0.225. The molecular weight excluding hydrogens is 458 g/mol. The van der Waals surface area contributed by atoms with Crippen LogP contribution in [0.25, 0.3) is 16.6 Å². The van der Waals surface area contributed by atoms with Crippen LogP contribution in [-0.4, -0.2) is 35.7 Å². The van der Waals surface area contributed by atoms with Gasteiger partial charge in [0, 0.05) is 30.0 Å². The SMILES string of the molecule is COCCNC(=O)c1ccc(-n2c(SCc3ccc(Cl)cc3)nc3ccccc3c2=O)cc1. The Hall–Kier alpha value is -3.13. The van der Waals surface area contributed by atoms with Gasteiger partial charge < -0.3 is 10.1 Å². The molecule has 1 N–H and O–H groups in total. The number of amides is 1. The molecule has 0 bridgehead atoms. The summed E-state index contributed by atoms with van der Waals surface area (Å²) in [5.74, 6) is 0.432. The van der Waals surface area contributed by atoms with E-state index in [2.05, 4.69) is 5.32 Å². The number of carbonyl (C=O) groups is 1. The van der Waals surface area contributed by atoms with Crippen molar-refractivity contribution < 1.29 is 9.53 Å². The normalized spacial score (nSPS) is 11.0. The molecule has 0 saturated carbocycles. The van der Waals surface area contributed by atoms with Crippen LogP contribution in [0.2, 0.25) is 5.02 Å². The second kappa shape index (κ2) is 10.7. The van der Waals surface area contributed by atoms with Crippen LogP contribution in [0, 0.1) is 0 Å². The third-order valence-electron chi connectivity index (χ3n) is 5.01. The Morgan fingerprint density at radius 1 is 1.06 bits per heavy atom. The number of methoxy groups -OCH3 is 1. The van der Waals surface area contributed by atoms with Crippen LogP contribution >= 0.6 is 23.4 Å². The van der Waals surface area contributed by atoms with Crippen LogP contribution in [0.3, 0.4) is 0 Å². The number of thioether (sulfide) groups is 1. The van der Waals surface area contributed by atoms with Crippen molar-refractivity contribution >= 4 is 40.2 Å². The lowest BCUT2D eigenvalue weighted by atomic mass is 10.2. The van der Waals surface area contributed by atoms with Crippen LogP contribution in [0.4, 0.5) is 0 Å². The molecule has 3 aromatic carbocycles. The van der Waals surface area contributed by atoms with E-state index in [0.717, 1.165) is 5.56 Å². The molecule has 1 aromatic heterocycles. The predicted molar refractivity (Wildman–Crippen MR) is 133 cm³/mol. The van der Waals surface area contributed by atoms with E-state index in [-0.39, 0.29) is 11.5 Å². The Morgan fingerprint density at radius 2 is 1.79 bits per heavy atom. The number of hydrogen-bond donors (Lipinski definition) is 1. The molecule has 0 saturated heterocycles. The van der Waals surface area contributed by atoms with Crippen molar-refractivity contribution in [1.29, 1.82) is 0 Å². The molecule has 0 fully saturated rings. The molecule has 6 nitrogen and oxygen atoms in total. The van der Waals surface area contributed by atoms with Crippen LogP contribution in [0.15, 0.2) is 82.7 Å². The van der Waals surface area contributed by atoms with Gasteiger partial charge in [0.25, 0.3) is 11.5 Å². The number of hydrogen-bond acceptors (Lipinski definition) is 5.